The Kier molecular flexibility index (Phi) is 4.34. The molecule has 0 radical (unpaired) electrons. The summed E-state index contributed by atoms with van der Waals surface area (Å²) in [5, 5.41) is 0. The first-order chi connectivity index (χ1) is 6.20. The molecule has 0 bridgehead atoms. The van der Waals surface area contributed by atoms with E-state index in [9.17, 15) is 0 Å². The molecule has 0 saturated carbocycles. The molecule has 2 heteroatoms. The molecule has 0 aromatic rings. The summed E-state index contributed by atoms with van der Waals surface area (Å²) < 4.78 is 0. The fourth-order valence-electron chi connectivity index (χ4n) is 1.15. The van der Waals surface area contributed by atoms with Gasteiger partial charge in [-0.15, -0.1) is 23.2 Å². The normalized spacial score (nSPS) is 17.5. The molecule has 0 amide bonds. The first kappa shape index (κ1) is 10.6. The van der Waals surface area contributed by atoms with Crippen LogP contribution in [0.15, 0.2) is 47.6 Å². The molecule has 1 aliphatic carbocycles. The molecular weight excluding hydrogens is 203 g/mol. The zero-order chi connectivity index (χ0) is 9.68. The predicted molar refractivity (Wildman–Crippen MR) is 60.2 cm³/mol. The van der Waals surface area contributed by atoms with Gasteiger partial charge < -0.3 is 0 Å². The minimum Gasteiger partial charge on any atom is -0.101 e. The van der Waals surface area contributed by atoms with Gasteiger partial charge in [0.15, 0.2) is 0 Å². The molecule has 0 unspecified atom stereocenters. The lowest BCUT2D eigenvalue weighted by Gasteiger charge is -1.93. The Morgan fingerprint density at radius 2 is 2.08 bits per heavy atom. The maximum atomic E-state index is 5.52. The number of rotatable bonds is 3. The van der Waals surface area contributed by atoms with Gasteiger partial charge in [-0.2, -0.15) is 0 Å². The fraction of sp³-hybridized carbons (Fsp3) is 0.273. The van der Waals surface area contributed by atoms with Crippen LogP contribution in [0.25, 0.3) is 0 Å². The second-order valence-electron chi connectivity index (χ2n) is 2.86. The summed E-state index contributed by atoms with van der Waals surface area (Å²) in [6, 6.07) is 0. The van der Waals surface area contributed by atoms with Gasteiger partial charge in [0.25, 0.3) is 0 Å². The maximum absolute atomic E-state index is 5.52. The summed E-state index contributed by atoms with van der Waals surface area (Å²) in [5.74, 6) is 0. The third kappa shape index (κ3) is 3.84. The van der Waals surface area contributed by atoms with E-state index < -0.39 is 4.84 Å². The van der Waals surface area contributed by atoms with Crippen molar-refractivity contribution in [3.63, 3.8) is 0 Å². The molecule has 0 aromatic heterocycles. The summed E-state index contributed by atoms with van der Waals surface area (Å²) in [6.07, 6.45) is 13.0. The van der Waals surface area contributed by atoms with Crippen LogP contribution in [0, 0.1) is 0 Å². The summed E-state index contributed by atoms with van der Waals surface area (Å²) in [7, 11) is 0. The van der Waals surface area contributed by atoms with Gasteiger partial charge in [0, 0.05) is 0 Å². The molecule has 1 aliphatic rings. The Balaban J connectivity index is 2.45. The quantitative estimate of drug-likeness (QED) is 0.489. The summed E-state index contributed by atoms with van der Waals surface area (Å²) in [5.41, 5.74) is 2.61. The Morgan fingerprint density at radius 1 is 1.31 bits per heavy atom. The molecule has 0 heterocycles. The molecule has 0 aromatic carbocycles. The largest absolute Gasteiger partial charge is 0.126 e. The Hall–Kier alpha value is -0.460. The van der Waals surface area contributed by atoms with E-state index in [0.29, 0.717) is 0 Å². The zero-order valence-corrected chi connectivity index (χ0v) is 9.02. The van der Waals surface area contributed by atoms with Crippen molar-refractivity contribution in [2.75, 3.05) is 0 Å². The van der Waals surface area contributed by atoms with Crippen LogP contribution >= 0.6 is 23.2 Å². The van der Waals surface area contributed by atoms with E-state index in [1.807, 2.05) is 12.2 Å². The predicted octanol–water partition coefficient (Wildman–Crippen LogP) is 4.18. The molecule has 0 atom stereocenters. The van der Waals surface area contributed by atoms with Crippen LogP contribution in [0.1, 0.15) is 13.3 Å². The van der Waals surface area contributed by atoms with E-state index in [1.165, 1.54) is 11.1 Å². The van der Waals surface area contributed by atoms with Gasteiger partial charge in [0.05, 0.1) is 0 Å². The van der Waals surface area contributed by atoms with Crippen LogP contribution in [-0.4, -0.2) is 4.84 Å². The average Bonchev–Trinajstić information content (AvgIpc) is 2.45. The smallest absolute Gasteiger partial charge is 0.101 e. The average molecular weight is 215 g/mol. The Bertz CT molecular complexity index is 280. The van der Waals surface area contributed by atoms with E-state index in [-0.39, 0.29) is 0 Å². The van der Waals surface area contributed by atoms with Crippen molar-refractivity contribution < 1.29 is 0 Å². The van der Waals surface area contributed by atoms with Crippen molar-refractivity contribution in [3.05, 3.63) is 47.6 Å². The van der Waals surface area contributed by atoms with Gasteiger partial charge in [-0.25, -0.2) is 0 Å². The fourth-order valence-corrected chi connectivity index (χ4v) is 1.32. The van der Waals surface area contributed by atoms with Gasteiger partial charge in [-0.1, -0.05) is 36.5 Å². The van der Waals surface area contributed by atoms with Crippen LogP contribution in [0.5, 0.6) is 0 Å². The van der Waals surface area contributed by atoms with E-state index in [0.717, 1.165) is 6.42 Å². The highest BCUT2D eigenvalue weighted by atomic mass is 35.5. The summed E-state index contributed by atoms with van der Waals surface area (Å²) in [6.45, 7) is 2.11. The molecule has 0 spiro atoms. The van der Waals surface area contributed by atoms with Gasteiger partial charge >= 0.3 is 0 Å². The monoisotopic (exact) mass is 214 g/mol. The van der Waals surface area contributed by atoms with Crippen molar-refractivity contribution in [2.45, 2.75) is 18.2 Å². The minimum atomic E-state index is -0.418. The van der Waals surface area contributed by atoms with Gasteiger partial charge in [0.2, 0.25) is 0 Å². The number of halogens is 2. The van der Waals surface area contributed by atoms with Crippen molar-refractivity contribution in [1.82, 2.24) is 0 Å². The highest BCUT2D eigenvalue weighted by Crippen LogP contribution is 2.19. The minimum absolute atomic E-state index is 0.418. The second kappa shape index (κ2) is 5.31. The topological polar surface area (TPSA) is 0 Å². The van der Waals surface area contributed by atoms with Crippen LogP contribution in [0.2, 0.25) is 0 Å². The highest BCUT2D eigenvalue weighted by Gasteiger charge is 1.99. The molecule has 0 fully saturated rings. The van der Waals surface area contributed by atoms with Crippen LogP contribution in [0.4, 0.5) is 0 Å². The Morgan fingerprint density at radius 3 is 2.62 bits per heavy atom. The molecule has 1 rings (SSSR count). The van der Waals surface area contributed by atoms with E-state index >= 15 is 0 Å². The van der Waals surface area contributed by atoms with Gasteiger partial charge in [-0.3, -0.25) is 0 Å². The van der Waals surface area contributed by atoms with Crippen molar-refractivity contribution in [2.24, 2.45) is 0 Å². The lowest BCUT2D eigenvalue weighted by atomic mass is 10.1. The van der Waals surface area contributed by atoms with Crippen molar-refractivity contribution >= 4 is 23.2 Å². The number of hydrogen-bond acceptors (Lipinski definition) is 0. The first-order valence-corrected chi connectivity index (χ1v) is 5.08. The van der Waals surface area contributed by atoms with Crippen LogP contribution < -0.4 is 0 Å². The summed E-state index contributed by atoms with van der Waals surface area (Å²) >= 11 is 11.0. The standard InChI is InChI=1S/C11H12Cl2/c1-9-5-4-7-10(9)6-2-3-8-11(12)13/h2-3,5-8,11H,4H2,1H3. The van der Waals surface area contributed by atoms with E-state index in [2.05, 4.69) is 25.2 Å². The summed E-state index contributed by atoms with van der Waals surface area (Å²) in [4.78, 5) is -0.418. The number of allylic oxidation sites excluding steroid dienone is 8. The Labute approximate surface area is 89.2 Å². The highest BCUT2D eigenvalue weighted by molar-refractivity contribution is 6.45. The third-order valence-electron chi connectivity index (χ3n) is 1.86. The van der Waals surface area contributed by atoms with Crippen LogP contribution in [0.3, 0.4) is 0 Å². The van der Waals surface area contributed by atoms with Crippen molar-refractivity contribution in [1.29, 1.82) is 0 Å². The van der Waals surface area contributed by atoms with Gasteiger partial charge in [-0.05, 0) is 24.5 Å². The van der Waals surface area contributed by atoms with Gasteiger partial charge in [0.1, 0.15) is 4.84 Å². The molecule has 0 N–H and O–H groups in total. The zero-order valence-electron chi connectivity index (χ0n) is 7.50. The third-order valence-corrected chi connectivity index (χ3v) is 2.15. The lowest BCUT2D eigenvalue weighted by molar-refractivity contribution is 1.42. The second-order valence-corrected chi connectivity index (χ2v) is 4.02. The van der Waals surface area contributed by atoms with E-state index in [4.69, 9.17) is 23.2 Å². The first-order valence-electron chi connectivity index (χ1n) is 4.20. The molecule has 0 aliphatic heterocycles. The lowest BCUT2D eigenvalue weighted by Crippen LogP contribution is -1.75. The van der Waals surface area contributed by atoms with Crippen molar-refractivity contribution in [3.8, 4) is 0 Å². The molecule has 0 nitrogen and oxygen atoms in total. The SMILES string of the molecule is CC1=CCC=C1C=CC=CC(Cl)Cl. The molecule has 0 saturated heterocycles. The molecule has 13 heavy (non-hydrogen) atoms. The molecular formula is C11H12Cl2. The maximum Gasteiger partial charge on any atom is 0.126 e. The molecule has 70 valence electrons. The van der Waals surface area contributed by atoms with E-state index in [1.54, 1.807) is 6.08 Å². The number of alkyl halides is 2. The van der Waals surface area contributed by atoms with Crippen LogP contribution in [-0.2, 0) is 0 Å². The number of hydrogen-bond donors (Lipinski definition) is 0.